The first kappa shape index (κ1) is 13.0. The minimum absolute atomic E-state index is 0.146. The van der Waals surface area contributed by atoms with Gasteiger partial charge in [0.1, 0.15) is 5.56 Å². The molecule has 7 heteroatoms. The van der Waals surface area contributed by atoms with Crippen LogP contribution in [0.2, 0.25) is 0 Å². The van der Waals surface area contributed by atoms with E-state index >= 15 is 0 Å². The van der Waals surface area contributed by atoms with Crippen LogP contribution in [0.5, 0.6) is 0 Å². The molecule has 0 spiro atoms. The molecule has 0 fully saturated rings. The van der Waals surface area contributed by atoms with Crippen LogP contribution in [-0.4, -0.2) is 32.7 Å². The standard InChI is InChI=1S/C12H14N4O3/c1-7-5-10(9(6-14-7)12(17)18)13-4-3-11-15-8(2)16-19-11/h5-6H,3-4H2,1-2H3,(H,13,14)(H,17,18). The Bertz CT molecular complexity index is 594. The number of anilines is 1. The highest BCUT2D eigenvalue weighted by molar-refractivity contribution is 5.93. The molecule has 2 rings (SSSR count). The van der Waals surface area contributed by atoms with Gasteiger partial charge in [-0.25, -0.2) is 4.79 Å². The normalized spacial score (nSPS) is 10.4. The molecule has 0 aromatic carbocycles. The van der Waals surface area contributed by atoms with Crippen molar-refractivity contribution in [2.45, 2.75) is 20.3 Å². The monoisotopic (exact) mass is 262 g/mol. The molecule has 0 atom stereocenters. The first-order chi connectivity index (χ1) is 9.06. The number of carboxylic acid groups (broad SMARTS) is 1. The molecule has 2 aromatic rings. The van der Waals surface area contributed by atoms with Crippen molar-refractivity contribution < 1.29 is 14.4 Å². The highest BCUT2D eigenvalue weighted by Gasteiger charge is 2.11. The van der Waals surface area contributed by atoms with Gasteiger partial charge < -0.3 is 14.9 Å². The van der Waals surface area contributed by atoms with Crippen LogP contribution < -0.4 is 5.32 Å². The highest BCUT2D eigenvalue weighted by atomic mass is 16.5. The van der Waals surface area contributed by atoms with Gasteiger partial charge >= 0.3 is 5.97 Å². The lowest BCUT2D eigenvalue weighted by Gasteiger charge is -2.08. The van der Waals surface area contributed by atoms with Crippen molar-refractivity contribution in [3.05, 3.63) is 35.2 Å². The van der Waals surface area contributed by atoms with Crippen LogP contribution in [0.25, 0.3) is 0 Å². The topological polar surface area (TPSA) is 101 Å². The number of rotatable bonds is 5. The summed E-state index contributed by atoms with van der Waals surface area (Å²) in [5.74, 6) is 0.0947. The molecular formula is C12H14N4O3. The number of nitrogens with one attached hydrogen (secondary N) is 1. The van der Waals surface area contributed by atoms with E-state index < -0.39 is 5.97 Å². The van der Waals surface area contributed by atoms with Gasteiger partial charge in [0.2, 0.25) is 5.89 Å². The van der Waals surface area contributed by atoms with Gasteiger partial charge in [-0.15, -0.1) is 0 Å². The van der Waals surface area contributed by atoms with Crippen molar-refractivity contribution in [3.63, 3.8) is 0 Å². The Kier molecular flexibility index (Phi) is 3.74. The average Bonchev–Trinajstić information content (AvgIpc) is 2.75. The van der Waals surface area contributed by atoms with Crippen LogP contribution in [0.3, 0.4) is 0 Å². The molecule has 2 heterocycles. The number of carboxylic acids is 1. The lowest BCUT2D eigenvalue weighted by atomic mass is 10.2. The van der Waals surface area contributed by atoms with E-state index in [4.69, 9.17) is 9.63 Å². The third-order valence-electron chi connectivity index (χ3n) is 2.50. The minimum atomic E-state index is -1.01. The first-order valence-corrected chi connectivity index (χ1v) is 5.79. The van der Waals surface area contributed by atoms with Crippen molar-refractivity contribution in [2.75, 3.05) is 11.9 Å². The van der Waals surface area contributed by atoms with Crippen LogP contribution in [0.4, 0.5) is 5.69 Å². The van der Waals surface area contributed by atoms with Crippen molar-refractivity contribution in [1.82, 2.24) is 15.1 Å². The van der Waals surface area contributed by atoms with E-state index in [0.717, 1.165) is 5.69 Å². The second kappa shape index (κ2) is 5.47. The fourth-order valence-electron chi connectivity index (χ4n) is 1.62. The van der Waals surface area contributed by atoms with Crippen LogP contribution in [-0.2, 0) is 6.42 Å². The Morgan fingerprint density at radius 1 is 1.47 bits per heavy atom. The van der Waals surface area contributed by atoms with Gasteiger partial charge in [0.25, 0.3) is 0 Å². The predicted molar refractivity (Wildman–Crippen MR) is 67.2 cm³/mol. The third-order valence-corrected chi connectivity index (χ3v) is 2.50. The molecule has 0 bridgehead atoms. The molecule has 0 radical (unpaired) electrons. The molecule has 0 unspecified atom stereocenters. The fraction of sp³-hybridized carbons (Fsp3) is 0.333. The molecule has 19 heavy (non-hydrogen) atoms. The number of nitrogens with zero attached hydrogens (tertiary/aromatic N) is 3. The largest absolute Gasteiger partial charge is 0.478 e. The molecule has 0 saturated carbocycles. The van der Waals surface area contributed by atoms with E-state index in [0.29, 0.717) is 30.4 Å². The molecule has 0 aliphatic rings. The van der Waals surface area contributed by atoms with Gasteiger partial charge in [0, 0.05) is 24.9 Å². The van der Waals surface area contributed by atoms with E-state index in [1.807, 2.05) is 0 Å². The van der Waals surface area contributed by atoms with Crippen molar-refractivity contribution in [3.8, 4) is 0 Å². The SMILES string of the molecule is Cc1cc(NCCc2nc(C)no2)c(C(=O)O)cn1. The van der Waals surface area contributed by atoms with Crippen molar-refractivity contribution in [2.24, 2.45) is 0 Å². The van der Waals surface area contributed by atoms with Crippen LogP contribution >= 0.6 is 0 Å². The fourth-order valence-corrected chi connectivity index (χ4v) is 1.62. The number of hydrogen-bond acceptors (Lipinski definition) is 6. The minimum Gasteiger partial charge on any atom is -0.478 e. The zero-order valence-corrected chi connectivity index (χ0v) is 10.7. The molecular weight excluding hydrogens is 248 g/mol. The summed E-state index contributed by atoms with van der Waals surface area (Å²) >= 11 is 0. The predicted octanol–water partition coefficient (Wildman–Crippen LogP) is 1.43. The zero-order chi connectivity index (χ0) is 13.8. The highest BCUT2D eigenvalue weighted by Crippen LogP contribution is 2.15. The lowest BCUT2D eigenvalue weighted by Crippen LogP contribution is -2.10. The Hall–Kier alpha value is -2.44. The second-order valence-electron chi connectivity index (χ2n) is 4.09. The molecule has 100 valence electrons. The molecule has 0 aliphatic heterocycles. The van der Waals surface area contributed by atoms with Gasteiger partial charge in [-0.05, 0) is 19.9 Å². The first-order valence-electron chi connectivity index (χ1n) is 5.79. The lowest BCUT2D eigenvalue weighted by molar-refractivity contribution is 0.0697. The smallest absolute Gasteiger partial charge is 0.339 e. The van der Waals surface area contributed by atoms with Crippen LogP contribution in [0, 0.1) is 13.8 Å². The summed E-state index contributed by atoms with van der Waals surface area (Å²) in [5.41, 5.74) is 1.43. The summed E-state index contributed by atoms with van der Waals surface area (Å²) in [5, 5.41) is 15.8. The molecule has 0 amide bonds. The van der Waals surface area contributed by atoms with Crippen molar-refractivity contribution >= 4 is 11.7 Å². The number of aromatic nitrogens is 3. The third kappa shape index (κ3) is 3.27. The van der Waals surface area contributed by atoms with Gasteiger partial charge in [-0.3, -0.25) is 4.98 Å². The average molecular weight is 262 g/mol. The Morgan fingerprint density at radius 3 is 2.89 bits per heavy atom. The van der Waals surface area contributed by atoms with Gasteiger partial charge in [-0.2, -0.15) is 4.98 Å². The maximum Gasteiger partial charge on any atom is 0.339 e. The van der Waals surface area contributed by atoms with E-state index in [1.165, 1.54) is 6.20 Å². The maximum absolute atomic E-state index is 11.0. The summed E-state index contributed by atoms with van der Waals surface area (Å²) in [6.07, 6.45) is 1.87. The van der Waals surface area contributed by atoms with Crippen molar-refractivity contribution in [1.29, 1.82) is 0 Å². The van der Waals surface area contributed by atoms with E-state index in [1.54, 1.807) is 19.9 Å². The Balaban J connectivity index is 2.02. The second-order valence-corrected chi connectivity index (χ2v) is 4.09. The van der Waals surface area contributed by atoms with Crippen LogP contribution in [0.15, 0.2) is 16.8 Å². The number of aromatic carboxylic acids is 1. The number of aryl methyl sites for hydroxylation is 2. The quantitative estimate of drug-likeness (QED) is 0.840. The number of pyridine rings is 1. The van der Waals surface area contributed by atoms with E-state index in [9.17, 15) is 4.79 Å². The van der Waals surface area contributed by atoms with Gasteiger partial charge in [0.15, 0.2) is 5.82 Å². The summed E-state index contributed by atoms with van der Waals surface area (Å²) < 4.78 is 4.97. The molecule has 0 saturated heterocycles. The van der Waals surface area contributed by atoms with Gasteiger partial charge in [-0.1, -0.05) is 5.16 Å². The van der Waals surface area contributed by atoms with E-state index in [-0.39, 0.29) is 5.56 Å². The summed E-state index contributed by atoms with van der Waals surface area (Å²) in [4.78, 5) is 19.1. The summed E-state index contributed by atoms with van der Waals surface area (Å²) in [6.45, 7) is 4.05. The summed E-state index contributed by atoms with van der Waals surface area (Å²) in [7, 11) is 0. The van der Waals surface area contributed by atoms with Gasteiger partial charge in [0.05, 0.1) is 5.69 Å². The number of hydrogen-bond donors (Lipinski definition) is 2. The Labute approximate surface area is 109 Å². The zero-order valence-electron chi connectivity index (χ0n) is 10.7. The molecule has 7 nitrogen and oxygen atoms in total. The molecule has 0 aliphatic carbocycles. The van der Waals surface area contributed by atoms with Crippen LogP contribution in [0.1, 0.15) is 27.8 Å². The molecule has 2 N–H and O–H groups in total. The maximum atomic E-state index is 11.0. The Morgan fingerprint density at radius 2 is 2.26 bits per heavy atom. The van der Waals surface area contributed by atoms with E-state index in [2.05, 4.69) is 20.4 Å². The molecule has 2 aromatic heterocycles. The number of carbonyl (C=O) groups is 1. The summed E-state index contributed by atoms with van der Waals surface area (Å²) in [6, 6.07) is 1.70.